The van der Waals surface area contributed by atoms with Crippen LogP contribution in [0.1, 0.15) is 25.3 Å². The maximum Gasteiger partial charge on any atom is 0.190 e. The van der Waals surface area contributed by atoms with Crippen LogP contribution >= 0.6 is 0 Å². The number of nitrogens with zero attached hydrogens (tertiary/aromatic N) is 2. The van der Waals surface area contributed by atoms with Crippen LogP contribution in [-0.4, -0.2) is 35.9 Å². The largest absolute Gasteiger partial charge is 0.494 e. The summed E-state index contributed by atoms with van der Waals surface area (Å²) in [6.07, 6.45) is 6.89. The van der Waals surface area contributed by atoms with Gasteiger partial charge in [-0.25, -0.2) is 0 Å². The van der Waals surface area contributed by atoms with Crippen molar-refractivity contribution in [2.75, 3.05) is 26.1 Å². The fourth-order valence-corrected chi connectivity index (χ4v) is 3.73. The number of nitrogens with two attached hydrogens (primary N) is 1. The number of nitrogen functional groups attached to an aromatic ring is 1. The highest BCUT2D eigenvalue weighted by Crippen LogP contribution is 2.45. The smallest absolute Gasteiger partial charge is 0.190 e. The van der Waals surface area contributed by atoms with Gasteiger partial charge in [0.2, 0.25) is 0 Å². The third-order valence-electron chi connectivity index (χ3n) is 4.77. The van der Waals surface area contributed by atoms with E-state index in [1.807, 2.05) is 35.3 Å². The molecule has 1 aromatic carbocycles. The van der Waals surface area contributed by atoms with Gasteiger partial charge >= 0.3 is 0 Å². The number of anilines is 1. The van der Waals surface area contributed by atoms with Crippen LogP contribution in [0, 0.1) is 0 Å². The van der Waals surface area contributed by atoms with Gasteiger partial charge in [0, 0.05) is 23.7 Å². The van der Waals surface area contributed by atoms with Crippen molar-refractivity contribution in [1.82, 2.24) is 9.78 Å². The average Bonchev–Trinajstić information content (AvgIpc) is 3.29. The Labute approximate surface area is 135 Å². The van der Waals surface area contributed by atoms with Crippen LogP contribution in [-0.2, 0) is 9.47 Å². The molecule has 1 unspecified atom stereocenters. The Morgan fingerprint density at radius 1 is 1.35 bits per heavy atom. The molecule has 6 heteroatoms. The highest BCUT2D eigenvalue weighted by atomic mass is 16.7. The van der Waals surface area contributed by atoms with Crippen LogP contribution in [0.15, 0.2) is 30.6 Å². The van der Waals surface area contributed by atoms with Gasteiger partial charge in [0.15, 0.2) is 5.79 Å². The van der Waals surface area contributed by atoms with Crippen molar-refractivity contribution in [2.24, 2.45) is 0 Å². The Balaban J connectivity index is 1.69. The molecule has 1 spiro atoms. The van der Waals surface area contributed by atoms with E-state index in [4.69, 9.17) is 19.9 Å². The Kier molecular flexibility index (Phi) is 3.50. The minimum absolute atomic E-state index is 0.116. The molecule has 0 amide bonds. The van der Waals surface area contributed by atoms with Crippen LogP contribution in [0.25, 0.3) is 11.1 Å². The van der Waals surface area contributed by atoms with Crippen molar-refractivity contribution in [2.45, 2.75) is 31.1 Å². The molecule has 1 aromatic heterocycles. The van der Waals surface area contributed by atoms with E-state index < -0.39 is 5.79 Å². The summed E-state index contributed by atoms with van der Waals surface area (Å²) < 4.78 is 19.3. The van der Waals surface area contributed by atoms with Gasteiger partial charge < -0.3 is 19.9 Å². The minimum Gasteiger partial charge on any atom is -0.494 e. The summed E-state index contributed by atoms with van der Waals surface area (Å²) in [5.41, 5.74) is 8.55. The third kappa shape index (κ3) is 2.29. The quantitative estimate of drug-likeness (QED) is 0.882. The lowest BCUT2D eigenvalue weighted by Gasteiger charge is -2.29. The summed E-state index contributed by atoms with van der Waals surface area (Å²) in [5.74, 6) is 0.185. The van der Waals surface area contributed by atoms with E-state index in [9.17, 15) is 0 Å². The molecule has 6 nitrogen and oxygen atoms in total. The monoisotopic (exact) mass is 315 g/mol. The van der Waals surface area contributed by atoms with Gasteiger partial charge in [0.1, 0.15) is 11.8 Å². The summed E-state index contributed by atoms with van der Waals surface area (Å²) in [6, 6.07) is 5.86. The Hall–Kier alpha value is -2.05. The fourth-order valence-electron chi connectivity index (χ4n) is 3.73. The van der Waals surface area contributed by atoms with Crippen LogP contribution in [0.2, 0.25) is 0 Å². The van der Waals surface area contributed by atoms with Crippen molar-refractivity contribution in [3.8, 4) is 16.9 Å². The number of para-hydroxylation sites is 1. The van der Waals surface area contributed by atoms with Gasteiger partial charge in [0.25, 0.3) is 0 Å². The van der Waals surface area contributed by atoms with E-state index in [1.165, 1.54) is 0 Å². The number of rotatable bonds is 3. The van der Waals surface area contributed by atoms with Crippen LogP contribution < -0.4 is 10.5 Å². The molecule has 2 aromatic rings. The molecule has 2 fully saturated rings. The molecule has 23 heavy (non-hydrogen) atoms. The standard InChI is InChI=1S/C17H21N3O3/c1-21-16-13(4-2-5-14(16)18)12-10-19-20(11-12)15-6-3-7-17(15)22-8-9-23-17/h2,4-5,10-11,15H,3,6-9,18H2,1H3. The van der Waals surface area contributed by atoms with Gasteiger partial charge in [-0.1, -0.05) is 12.1 Å². The van der Waals surface area contributed by atoms with E-state index in [1.54, 1.807) is 7.11 Å². The lowest BCUT2D eigenvalue weighted by molar-refractivity contribution is -0.177. The molecular formula is C17H21N3O3. The van der Waals surface area contributed by atoms with E-state index in [0.717, 1.165) is 30.4 Å². The first-order valence-electron chi connectivity index (χ1n) is 7.98. The molecule has 0 radical (unpaired) electrons. The highest BCUT2D eigenvalue weighted by molar-refractivity contribution is 5.76. The van der Waals surface area contributed by atoms with Crippen molar-refractivity contribution < 1.29 is 14.2 Å². The molecule has 122 valence electrons. The average molecular weight is 315 g/mol. The summed E-state index contributed by atoms with van der Waals surface area (Å²) in [4.78, 5) is 0. The second-order valence-electron chi connectivity index (χ2n) is 6.05. The van der Waals surface area contributed by atoms with Crippen molar-refractivity contribution >= 4 is 5.69 Å². The number of hydrogen-bond acceptors (Lipinski definition) is 5. The molecule has 1 saturated carbocycles. The number of benzene rings is 1. The molecule has 1 aliphatic carbocycles. The zero-order valence-corrected chi connectivity index (χ0v) is 13.2. The molecule has 1 saturated heterocycles. The topological polar surface area (TPSA) is 71.5 Å². The summed E-state index contributed by atoms with van der Waals surface area (Å²) >= 11 is 0. The van der Waals surface area contributed by atoms with Gasteiger partial charge in [-0.15, -0.1) is 0 Å². The summed E-state index contributed by atoms with van der Waals surface area (Å²) in [6.45, 7) is 1.32. The number of hydrogen-bond donors (Lipinski definition) is 1. The van der Waals surface area contributed by atoms with Crippen LogP contribution in [0.4, 0.5) is 5.69 Å². The third-order valence-corrected chi connectivity index (χ3v) is 4.77. The molecule has 1 atom stereocenters. The Morgan fingerprint density at radius 2 is 2.17 bits per heavy atom. The first-order chi connectivity index (χ1) is 11.2. The molecule has 2 heterocycles. The number of methoxy groups -OCH3 is 1. The summed E-state index contributed by atoms with van der Waals surface area (Å²) in [7, 11) is 1.63. The lowest BCUT2D eigenvalue weighted by atomic mass is 10.1. The van der Waals surface area contributed by atoms with Crippen molar-refractivity contribution in [3.63, 3.8) is 0 Å². The second-order valence-corrected chi connectivity index (χ2v) is 6.05. The second kappa shape index (κ2) is 5.54. The zero-order chi connectivity index (χ0) is 15.9. The zero-order valence-electron chi connectivity index (χ0n) is 13.2. The first kappa shape index (κ1) is 14.5. The van der Waals surface area contributed by atoms with Gasteiger partial charge in [-0.05, 0) is 18.9 Å². The number of aromatic nitrogens is 2. The Bertz CT molecular complexity index is 701. The van der Waals surface area contributed by atoms with Gasteiger partial charge in [0.05, 0.1) is 32.2 Å². The molecule has 1 aliphatic heterocycles. The number of ether oxygens (including phenoxy) is 3. The minimum atomic E-state index is -0.497. The SMILES string of the molecule is COc1c(N)cccc1-c1cnn(C2CCCC23OCCO3)c1. The predicted molar refractivity (Wildman–Crippen MR) is 86.2 cm³/mol. The highest BCUT2D eigenvalue weighted by Gasteiger charge is 2.49. The molecular weight excluding hydrogens is 294 g/mol. The maximum atomic E-state index is 6.00. The van der Waals surface area contributed by atoms with Gasteiger partial charge in [-0.2, -0.15) is 5.10 Å². The summed E-state index contributed by atoms with van der Waals surface area (Å²) in [5, 5.41) is 4.56. The molecule has 0 bridgehead atoms. The lowest BCUT2D eigenvalue weighted by Crippen LogP contribution is -2.36. The van der Waals surface area contributed by atoms with Crippen molar-refractivity contribution in [1.29, 1.82) is 0 Å². The normalized spacial score (nSPS) is 22.7. The predicted octanol–water partition coefficient (Wildman–Crippen LogP) is 2.61. The molecule has 2 aliphatic rings. The van der Waals surface area contributed by atoms with Crippen molar-refractivity contribution in [3.05, 3.63) is 30.6 Å². The van der Waals surface area contributed by atoms with Crippen LogP contribution in [0.5, 0.6) is 5.75 Å². The Morgan fingerprint density at radius 3 is 2.96 bits per heavy atom. The first-order valence-corrected chi connectivity index (χ1v) is 7.98. The van der Waals surface area contributed by atoms with E-state index in [-0.39, 0.29) is 6.04 Å². The van der Waals surface area contributed by atoms with E-state index in [0.29, 0.717) is 24.7 Å². The molecule has 4 rings (SSSR count). The maximum absolute atomic E-state index is 6.00. The van der Waals surface area contributed by atoms with Crippen LogP contribution in [0.3, 0.4) is 0 Å². The van der Waals surface area contributed by atoms with E-state index in [2.05, 4.69) is 5.10 Å². The van der Waals surface area contributed by atoms with Gasteiger partial charge in [-0.3, -0.25) is 4.68 Å². The fraction of sp³-hybridized carbons (Fsp3) is 0.471. The van der Waals surface area contributed by atoms with E-state index >= 15 is 0 Å². The molecule has 2 N–H and O–H groups in total.